The van der Waals surface area contributed by atoms with E-state index in [0.29, 0.717) is 8.04 Å². The summed E-state index contributed by atoms with van der Waals surface area (Å²) < 4.78 is 15.7. The highest BCUT2D eigenvalue weighted by Gasteiger charge is 1.99. The molecule has 0 saturated carbocycles. The third-order valence-corrected chi connectivity index (χ3v) is 3.67. The first-order valence-corrected chi connectivity index (χ1v) is 4.26. The second kappa shape index (κ2) is 3.16. The van der Waals surface area contributed by atoms with Crippen molar-refractivity contribution in [2.75, 3.05) is 0 Å². The molecule has 4 heteroatoms. The Bertz CT molecular complexity index is 281. The minimum Gasteiger partial charge on any atom is -0.243 e. The van der Waals surface area contributed by atoms with Gasteiger partial charge in [0.15, 0.2) is 0 Å². The molecule has 1 heterocycles. The van der Waals surface area contributed by atoms with Crippen LogP contribution in [-0.4, -0.2) is 4.98 Å². The molecule has 0 radical (unpaired) electrons. The van der Waals surface area contributed by atoms with E-state index in [1.165, 1.54) is 0 Å². The molecule has 0 unspecified atom stereocenters. The Kier molecular flexibility index (Phi) is 1.87. The Morgan fingerprint density at radius 2 is 2.56 bits per heavy atom. The quantitative estimate of drug-likeness (QED) is 0.529. The van der Waals surface area contributed by atoms with E-state index in [1.54, 1.807) is 0 Å². The van der Waals surface area contributed by atoms with Crippen LogP contribution in [0, 0.1) is 3.57 Å². The summed E-state index contributed by atoms with van der Waals surface area (Å²) in [5, 5.41) is 0.262. The molecule has 0 spiro atoms. The first-order valence-electron chi connectivity index (χ1n) is 3.01. The highest BCUT2D eigenvalue weighted by Crippen LogP contribution is 2.23. The smallest absolute Gasteiger partial charge is 0.143 e. The molecule has 0 aliphatic rings. The molecule has 0 fully saturated rings. The molecule has 9 heavy (non-hydrogen) atoms. The van der Waals surface area contributed by atoms with Gasteiger partial charge < -0.3 is 0 Å². The Hall–Kier alpha value is 0.650. The minimum atomic E-state index is -0.109. The maximum Gasteiger partial charge on any atom is 0.143 e. The molecule has 0 atom stereocenters. The molecule has 48 valence electrons. The molecular weight excluding hydrogens is 316 g/mol. The summed E-state index contributed by atoms with van der Waals surface area (Å²) >= 11 is 10.7. The van der Waals surface area contributed by atoms with E-state index in [4.69, 9.17) is 14.3 Å². The molecule has 1 nitrogen and oxygen atoms in total. The predicted octanol–water partition coefficient (Wildman–Crippen LogP) is 3.10. The van der Waals surface area contributed by atoms with E-state index in [-0.39, 0.29) is 17.4 Å². The second-order valence-corrected chi connectivity index (χ2v) is 3.50. The third-order valence-electron chi connectivity index (χ3n) is 0.694. The Morgan fingerprint density at radius 1 is 1.89 bits per heavy atom. The molecule has 1 aromatic heterocycles. The van der Waals surface area contributed by atoms with E-state index >= 15 is 0 Å². The highest BCUT2D eigenvalue weighted by atomic mass is 127. The van der Waals surface area contributed by atoms with Crippen LogP contribution in [-0.2, 0) is 0 Å². The van der Waals surface area contributed by atoms with E-state index < -0.39 is 0 Å². The number of hydrogen-bond acceptors (Lipinski definition) is 1. The number of nitrogens with zero attached hydrogens (tertiary/aromatic N) is 1. The number of aromatic nitrogens is 1. The van der Waals surface area contributed by atoms with Gasteiger partial charge in [-0.25, -0.2) is 4.98 Å². The summed E-state index contributed by atoms with van der Waals surface area (Å²) in [6, 6.07) is 0.0683. The fourth-order valence-corrected chi connectivity index (χ4v) is 1.10. The van der Waals surface area contributed by atoms with Crippen LogP contribution in [0.1, 0.15) is 2.74 Å². The number of rotatable bonds is 0. The molecule has 0 aliphatic heterocycles. The molecular formula is C5H2BrClIN. The van der Waals surface area contributed by atoms with Gasteiger partial charge in [0, 0.05) is 10.6 Å². The molecule has 0 bridgehead atoms. The van der Waals surface area contributed by atoms with Gasteiger partial charge in [-0.05, 0) is 44.6 Å². The number of hydrogen-bond donors (Lipinski definition) is 0. The van der Waals surface area contributed by atoms with E-state index in [0.717, 1.165) is 0 Å². The summed E-state index contributed by atoms with van der Waals surface area (Å²) in [6.07, 6.45) is -0.109. The maximum absolute atomic E-state index is 7.32. The van der Waals surface area contributed by atoms with Gasteiger partial charge in [-0.2, -0.15) is 0 Å². The summed E-state index contributed by atoms with van der Waals surface area (Å²) in [5.74, 6) is 0. The first kappa shape index (κ1) is 5.32. The Balaban J connectivity index is 3.46. The van der Waals surface area contributed by atoms with Crippen LogP contribution in [0.3, 0.4) is 0 Å². The molecule has 0 N–H and O–H groups in total. The van der Waals surface area contributed by atoms with Gasteiger partial charge in [-0.3, -0.25) is 0 Å². The van der Waals surface area contributed by atoms with Crippen LogP contribution in [0.5, 0.6) is 0 Å². The average Bonchev–Trinajstić information content (AvgIpc) is 1.97. The monoisotopic (exact) mass is 319 g/mol. The van der Waals surface area contributed by atoms with Crippen molar-refractivity contribution in [3.63, 3.8) is 0 Å². The van der Waals surface area contributed by atoms with Gasteiger partial charge in [0.05, 0.1) is 6.31 Å². The zero-order valence-corrected chi connectivity index (χ0v) is 8.58. The lowest BCUT2D eigenvalue weighted by Gasteiger charge is -1.94. The van der Waals surface area contributed by atoms with Crippen LogP contribution < -0.4 is 0 Å². The topological polar surface area (TPSA) is 12.9 Å². The third kappa shape index (κ3) is 1.78. The Morgan fingerprint density at radius 3 is 3.22 bits per heavy atom. The van der Waals surface area contributed by atoms with Crippen LogP contribution in [0.2, 0.25) is 5.15 Å². The van der Waals surface area contributed by atoms with Crippen molar-refractivity contribution < 1.29 is 2.74 Å². The summed E-state index contributed by atoms with van der Waals surface area (Å²) in [5.41, 5.74) is 0. The molecule has 0 saturated heterocycles. The zero-order valence-electron chi connectivity index (χ0n) is 6.08. The van der Waals surface area contributed by atoms with Gasteiger partial charge in [0.25, 0.3) is 0 Å². The average molecular weight is 320 g/mol. The standard InChI is InChI=1S/C5H2BrClIN/c6-3-1-2-9-5(7)4(3)8/h1-2H/i1D,2D. The molecule has 1 rings (SSSR count). The fourth-order valence-electron chi connectivity index (χ4n) is 0.321. The van der Waals surface area contributed by atoms with E-state index in [1.807, 2.05) is 22.6 Å². The van der Waals surface area contributed by atoms with Crippen molar-refractivity contribution in [2.24, 2.45) is 0 Å². The zero-order chi connectivity index (χ0) is 8.59. The van der Waals surface area contributed by atoms with Crippen molar-refractivity contribution in [2.45, 2.75) is 0 Å². The van der Waals surface area contributed by atoms with Gasteiger partial charge >= 0.3 is 0 Å². The van der Waals surface area contributed by atoms with E-state index in [9.17, 15) is 0 Å². The fraction of sp³-hybridized carbons (Fsp3) is 0. The van der Waals surface area contributed by atoms with Gasteiger partial charge in [-0.1, -0.05) is 11.6 Å². The minimum absolute atomic E-state index is 0.0683. The van der Waals surface area contributed by atoms with Gasteiger partial charge in [-0.15, -0.1) is 0 Å². The van der Waals surface area contributed by atoms with Gasteiger partial charge in [0.2, 0.25) is 0 Å². The Labute approximate surface area is 82.9 Å². The summed E-state index contributed by atoms with van der Waals surface area (Å²) in [6.45, 7) is 0. The summed E-state index contributed by atoms with van der Waals surface area (Å²) in [7, 11) is 0. The van der Waals surface area contributed by atoms with Crippen LogP contribution in [0.15, 0.2) is 16.7 Å². The number of halogens is 3. The SMILES string of the molecule is [2H]c1nc(Cl)c(I)c(Br)c1[2H]. The van der Waals surface area contributed by atoms with Crippen LogP contribution in [0.4, 0.5) is 0 Å². The van der Waals surface area contributed by atoms with Gasteiger partial charge in [0.1, 0.15) is 5.15 Å². The second-order valence-electron chi connectivity index (χ2n) is 1.27. The normalized spacial score (nSPS) is 12.8. The molecule has 0 amide bonds. The molecule has 0 aliphatic carbocycles. The number of pyridine rings is 1. The lowest BCUT2D eigenvalue weighted by atomic mass is 10.5. The van der Waals surface area contributed by atoms with Crippen molar-refractivity contribution in [3.8, 4) is 0 Å². The maximum atomic E-state index is 7.32. The van der Waals surface area contributed by atoms with Crippen molar-refractivity contribution >= 4 is 50.1 Å². The van der Waals surface area contributed by atoms with Crippen LogP contribution >= 0.6 is 50.1 Å². The molecule has 0 aromatic carbocycles. The summed E-state index contributed by atoms with van der Waals surface area (Å²) in [4.78, 5) is 3.64. The lowest BCUT2D eigenvalue weighted by Crippen LogP contribution is -1.79. The first-order chi connectivity index (χ1) is 5.04. The predicted molar refractivity (Wildman–Crippen MR) is 49.7 cm³/mol. The van der Waals surface area contributed by atoms with Crippen molar-refractivity contribution in [1.29, 1.82) is 0 Å². The van der Waals surface area contributed by atoms with Crippen LogP contribution in [0.25, 0.3) is 0 Å². The molecule has 1 aromatic rings. The van der Waals surface area contributed by atoms with Crippen molar-refractivity contribution in [1.82, 2.24) is 4.98 Å². The van der Waals surface area contributed by atoms with E-state index in [2.05, 4.69) is 20.9 Å². The van der Waals surface area contributed by atoms with Crippen molar-refractivity contribution in [3.05, 3.63) is 25.4 Å². The largest absolute Gasteiger partial charge is 0.243 e. The highest BCUT2D eigenvalue weighted by molar-refractivity contribution is 14.1. The lowest BCUT2D eigenvalue weighted by molar-refractivity contribution is 1.29.